The number of rotatable bonds is 6. The standard InChI is InChI=1S/C19H30N4S/c1-20-19(22-14-18-8-4-13-24-18)21-10-5-11-23-12-9-16-6-2-3-7-17(16)15-23/h2-3,6-7,18H,4-5,8-15H2,1H3,(H2,20,21,22). The molecule has 2 N–H and O–H groups in total. The molecule has 2 heterocycles. The molecule has 0 amide bonds. The third kappa shape index (κ3) is 5.15. The van der Waals surface area contributed by atoms with Crippen LogP contribution in [-0.2, 0) is 13.0 Å². The lowest BCUT2D eigenvalue weighted by molar-refractivity contribution is 0.251. The van der Waals surface area contributed by atoms with Gasteiger partial charge < -0.3 is 10.6 Å². The number of nitrogens with zero attached hydrogens (tertiary/aromatic N) is 2. The molecule has 1 atom stereocenters. The van der Waals surface area contributed by atoms with Gasteiger partial charge in [-0.2, -0.15) is 11.8 Å². The van der Waals surface area contributed by atoms with E-state index in [-0.39, 0.29) is 0 Å². The van der Waals surface area contributed by atoms with Gasteiger partial charge >= 0.3 is 0 Å². The molecule has 1 aromatic rings. The van der Waals surface area contributed by atoms with Gasteiger partial charge in [0, 0.05) is 45.0 Å². The topological polar surface area (TPSA) is 39.7 Å². The molecule has 5 heteroatoms. The van der Waals surface area contributed by atoms with Crippen molar-refractivity contribution < 1.29 is 0 Å². The van der Waals surface area contributed by atoms with Crippen molar-refractivity contribution in [2.24, 2.45) is 4.99 Å². The maximum atomic E-state index is 4.33. The number of fused-ring (bicyclic) bond motifs is 1. The molecule has 2 aliphatic heterocycles. The van der Waals surface area contributed by atoms with E-state index in [0.29, 0.717) is 0 Å². The largest absolute Gasteiger partial charge is 0.356 e. The number of hydrogen-bond acceptors (Lipinski definition) is 3. The summed E-state index contributed by atoms with van der Waals surface area (Å²) in [6.45, 7) is 5.45. The van der Waals surface area contributed by atoms with Gasteiger partial charge in [-0.1, -0.05) is 24.3 Å². The summed E-state index contributed by atoms with van der Waals surface area (Å²) >= 11 is 2.08. The minimum atomic E-state index is 0.761. The van der Waals surface area contributed by atoms with Crippen LogP contribution in [0.3, 0.4) is 0 Å². The molecule has 0 saturated carbocycles. The first-order valence-electron chi connectivity index (χ1n) is 9.20. The van der Waals surface area contributed by atoms with E-state index in [0.717, 1.165) is 43.8 Å². The van der Waals surface area contributed by atoms with E-state index in [9.17, 15) is 0 Å². The van der Waals surface area contributed by atoms with Crippen molar-refractivity contribution in [1.29, 1.82) is 0 Å². The predicted molar refractivity (Wildman–Crippen MR) is 105 cm³/mol. The monoisotopic (exact) mass is 346 g/mol. The lowest BCUT2D eigenvalue weighted by atomic mass is 10.00. The summed E-state index contributed by atoms with van der Waals surface area (Å²) in [4.78, 5) is 6.90. The van der Waals surface area contributed by atoms with Crippen molar-refractivity contribution >= 4 is 17.7 Å². The molecule has 1 aromatic carbocycles. The van der Waals surface area contributed by atoms with Crippen LogP contribution in [-0.4, -0.2) is 55.1 Å². The SMILES string of the molecule is CN=C(NCCCN1CCc2ccccc2C1)NCC1CCCS1. The Morgan fingerprint density at radius 3 is 2.96 bits per heavy atom. The first kappa shape index (κ1) is 17.6. The zero-order chi connectivity index (χ0) is 16.6. The Morgan fingerprint density at radius 1 is 1.29 bits per heavy atom. The Labute approximate surface area is 150 Å². The molecule has 0 aliphatic carbocycles. The van der Waals surface area contributed by atoms with Gasteiger partial charge in [-0.05, 0) is 42.6 Å². The molecule has 24 heavy (non-hydrogen) atoms. The number of nitrogens with one attached hydrogen (secondary N) is 2. The number of aliphatic imine (C=N–C) groups is 1. The van der Waals surface area contributed by atoms with Crippen molar-refractivity contribution in [1.82, 2.24) is 15.5 Å². The third-order valence-electron chi connectivity index (χ3n) is 4.90. The second kappa shape index (κ2) is 9.33. The smallest absolute Gasteiger partial charge is 0.191 e. The van der Waals surface area contributed by atoms with E-state index in [1.807, 2.05) is 7.05 Å². The second-order valence-corrected chi connectivity index (χ2v) is 8.07. The van der Waals surface area contributed by atoms with Crippen LogP contribution in [0.4, 0.5) is 0 Å². The minimum Gasteiger partial charge on any atom is -0.356 e. The molecule has 0 spiro atoms. The summed E-state index contributed by atoms with van der Waals surface area (Å²) in [5, 5.41) is 7.68. The van der Waals surface area contributed by atoms with Crippen LogP contribution < -0.4 is 10.6 Å². The molecule has 3 rings (SSSR count). The highest BCUT2D eigenvalue weighted by Crippen LogP contribution is 2.25. The summed E-state index contributed by atoms with van der Waals surface area (Å²) in [7, 11) is 1.86. The van der Waals surface area contributed by atoms with E-state index in [1.54, 1.807) is 0 Å². The summed E-state index contributed by atoms with van der Waals surface area (Å²) in [5.74, 6) is 2.27. The van der Waals surface area contributed by atoms with Gasteiger partial charge in [-0.25, -0.2) is 0 Å². The lowest BCUT2D eigenvalue weighted by Crippen LogP contribution is -2.41. The maximum absolute atomic E-state index is 4.33. The second-order valence-electron chi connectivity index (χ2n) is 6.66. The molecule has 2 aliphatic rings. The van der Waals surface area contributed by atoms with Crippen molar-refractivity contribution in [3.05, 3.63) is 35.4 Å². The normalized spacial score (nSPS) is 21.5. The molecule has 0 aromatic heterocycles. The van der Waals surface area contributed by atoms with Gasteiger partial charge in [0.05, 0.1) is 0 Å². The van der Waals surface area contributed by atoms with E-state index in [4.69, 9.17) is 0 Å². The molecular formula is C19H30N4S. The van der Waals surface area contributed by atoms with E-state index < -0.39 is 0 Å². The first-order chi connectivity index (χ1) is 11.8. The van der Waals surface area contributed by atoms with Crippen molar-refractivity contribution in [3.8, 4) is 0 Å². The molecule has 4 nitrogen and oxygen atoms in total. The van der Waals surface area contributed by atoms with Crippen molar-refractivity contribution in [2.45, 2.75) is 37.5 Å². The van der Waals surface area contributed by atoms with Crippen LogP contribution >= 0.6 is 11.8 Å². The fourth-order valence-corrected chi connectivity index (χ4v) is 4.69. The third-order valence-corrected chi connectivity index (χ3v) is 6.30. The molecule has 1 saturated heterocycles. The van der Waals surface area contributed by atoms with Crippen LogP contribution in [0.1, 0.15) is 30.4 Å². The zero-order valence-corrected chi connectivity index (χ0v) is 15.6. The summed E-state index contributed by atoms with van der Waals surface area (Å²) in [6.07, 6.45) is 5.04. The zero-order valence-electron chi connectivity index (χ0n) is 14.8. The quantitative estimate of drug-likeness (QED) is 0.472. The fourth-order valence-electron chi connectivity index (χ4n) is 3.49. The Kier molecular flexibility index (Phi) is 6.85. The average Bonchev–Trinajstić information content (AvgIpc) is 3.14. The van der Waals surface area contributed by atoms with Crippen LogP contribution in [0, 0.1) is 0 Å². The highest BCUT2D eigenvalue weighted by molar-refractivity contribution is 8.00. The molecule has 132 valence electrons. The number of thioether (sulfide) groups is 1. The van der Waals surface area contributed by atoms with Gasteiger partial charge in [-0.15, -0.1) is 0 Å². The van der Waals surface area contributed by atoms with Crippen LogP contribution in [0.2, 0.25) is 0 Å². The number of benzene rings is 1. The summed E-state index contributed by atoms with van der Waals surface area (Å²) < 4.78 is 0. The average molecular weight is 347 g/mol. The highest BCUT2D eigenvalue weighted by atomic mass is 32.2. The van der Waals surface area contributed by atoms with Gasteiger partial charge in [0.1, 0.15) is 0 Å². The van der Waals surface area contributed by atoms with E-state index in [1.165, 1.54) is 42.7 Å². The Bertz CT molecular complexity index is 540. The maximum Gasteiger partial charge on any atom is 0.191 e. The Hall–Kier alpha value is -1.20. The Morgan fingerprint density at radius 2 is 2.17 bits per heavy atom. The first-order valence-corrected chi connectivity index (χ1v) is 10.3. The molecule has 0 bridgehead atoms. The fraction of sp³-hybridized carbons (Fsp3) is 0.632. The van der Waals surface area contributed by atoms with Crippen LogP contribution in [0.15, 0.2) is 29.3 Å². The van der Waals surface area contributed by atoms with Gasteiger partial charge in [0.2, 0.25) is 0 Å². The van der Waals surface area contributed by atoms with E-state index in [2.05, 4.69) is 56.6 Å². The van der Waals surface area contributed by atoms with Crippen LogP contribution in [0.25, 0.3) is 0 Å². The summed E-state index contributed by atoms with van der Waals surface area (Å²) in [5.41, 5.74) is 3.03. The summed E-state index contributed by atoms with van der Waals surface area (Å²) in [6, 6.07) is 8.85. The van der Waals surface area contributed by atoms with Gasteiger partial charge in [0.15, 0.2) is 5.96 Å². The molecule has 0 radical (unpaired) electrons. The highest BCUT2D eigenvalue weighted by Gasteiger charge is 2.16. The lowest BCUT2D eigenvalue weighted by Gasteiger charge is -2.28. The molecule has 1 fully saturated rings. The van der Waals surface area contributed by atoms with Crippen molar-refractivity contribution in [2.75, 3.05) is 39.0 Å². The Balaban J connectivity index is 1.31. The van der Waals surface area contributed by atoms with E-state index >= 15 is 0 Å². The molecular weight excluding hydrogens is 316 g/mol. The van der Waals surface area contributed by atoms with Crippen LogP contribution in [0.5, 0.6) is 0 Å². The van der Waals surface area contributed by atoms with Crippen molar-refractivity contribution in [3.63, 3.8) is 0 Å². The van der Waals surface area contributed by atoms with Gasteiger partial charge in [0.25, 0.3) is 0 Å². The van der Waals surface area contributed by atoms with Gasteiger partial charge in [-0.3, -0.25) is 9.89 Å². The minimum absolute atomic E-state index is 0.761. The molecule has 1 unspecified atom stereocenters. The number of guanidine groups is 1. The predicted octanol–water partition coefficient (Wildman–Crippen LogP) is 2.50. The number of hydrogen-bond donors (Lipinski definition) is 2.